The number of carbonyl (C=O) groups excluding carboxylic acids is 2. The van der Waals surface area contributed by atoms with Crippen molar-refractivity contribution < 1.29 is 59.0 Å². The highest BCUT2D eigenvalue weighted by Crippen LogP contribution is 2.75. The highest BCUT2D eigenvalue weighted by molar-refractivity contribution is 5.96. The molecule has 5 aliphatic carbocycles. The third kappa shape index (κ3) is 6.26. The first-order valence-corrected chi connectivity index (χ1v) is 21.0. The van der Waals surface area contributed by atoms with E-state index >= 15 is 0 Å². The molecule has 1 aliphatic heterocycles. The zero-order valence-electron chi connectivity index (χ0n) is 35.8. The standard InChI is InChI=1S/C45H60N2O13/c1-40(2)13-15-45(39(54)57-8)16-14-43(6)32(25(45)19-40)27(49)18-31-42(43,5)12-11-30-41(3,4)37(24(20-46)36(53)44(30,31)7)58-22-23-9-10-28(26(17-23)47(55)56)59-38-35(52)34(51)33(50)29(21-48)60-38/h9-10,17-18,25,29-30,32-36,38,48,50-53H,11-16,19,21-22H2,1-8H3/t25-,29+,30-,32-,33-,34-,35+,36?,38-,42+,43+,44-,45-/m0/s1. The van der Waals surface area contributed by atoms with E-state index in [9.17, 15) is 50.5 Å². The van der Waals surface area contributed by atoms with E-state index in [4.69, 9.17) is 18.9 Å². The van der Waals surface area contributed by atoms with Gasteiger partial charge in [0.05, 0.1) is 29.6 Å². The van der Waals surface area contributed by atoms with E-state index in [1.54, 1.807) is 6.08 Å². The number of aliphatic hydroxyl groups excluding tert-OH is 5. The Balaban J connectivity index is 1.20. The number of benzene rings is 1. The van der Waals surface area contributed by atoms with Gasteiger partial charge in [0, 0.05) is 22.8 Å². The Bertz CT molecular complexity index is 2050. The highest BCUT2D eigenvalue weighted by Gasteiger charge is 2.72. The topological polar surface area (TPSA) is 239 Å². The van der Waals surface area contributed by atoms with Crippen LogP contribution >= 0.6 is 0 Å². The number of ketones is 1. The van der Waals surface area contributed by atoms with Crippen LogP contribution in [0.2, 0.25) is 0 Å². The molecule has 3 saturated carbocycles. The number of ether oxygens (including phenoxy) is 4. The van der Waals surface area contributed by atoms with Crippen molar-refractivity contribution in [1.29, 1.82) is 5.26 Å². The number of nitro benzene ring substituents is 1. The summed E-state index contributed by atoms with van der Waals surface area (Å²) >= 11 is 0. The number of nitro groups is 1. The summed E-state index contributed by atoms with van der Waals surface area (Å²) in [4.78, 5) is 40.1. The molecule has 6 aliphatic rings. The highest BCUT2D eigenvalue weighted by atomic mass is 16.7. The maximum absolute atomic E-state index is 14.9. The molecule has 60 heavy (non-hydrogen) atoms. The molecule has 0 bridgehead atoms. The largest absolute Gasteiger partial charge is 0.492 e. The van der Waals surface area contributed by atoms with E-state index in [0.717, 1.165) is 18.4 Å². The Morgan fingerprint density at radius 2 is 1.68 bits per heavy atom. The van der Waals surface area contributed by atoms with Gasteiger partial charge in [-0.05, 0) is 90.7 Å². The number of nitriles is 1. The van der Waals surface area contributed by atoms with Crippen molar-refractivity contribution in [2.45, 2.75) is 137 Å². The van der Waals surface area contributed by atoms with Gasteiger partial charge in [0.1, 0.15) is 49.0 Å². The minimum atomic E-state index is -1.78. The Labute approximate surface area is 350 Å². The monoisotopic (exact) mass is 836 g/mol. The van der Waals surface area contributed by atoms with Crippen molar-refractivity contribution in [2.75, 3.05) is 13.7 Å². The Morgan fingerprint density at radius 1 is 1.00 bits per heavy atom. The number of aliphatic hydroxyl groups is 5. The number of hydrogen-bond donors (Lipinski definition) is 5. The van der Waals surface area contributed by atoms with Gasteiger partial charge in [0.25, 0.3) is 0 Å². The first-order valence-electron chi connectivity index (χ1n) is 21.0. The molecule has 1 aromatic rings. The summed E-state index contributed by atoms with van der Waals surface area (Å²) < 4.78 is 22.8. The average Bonchev–Trinajstić information content (AvgIpc) is 3.19. The van der Waals surface area contributed by atoms with Crippen LogP contribution < -0.4 is 4.74 Å². The van der Waals surface area contributed by atoms with Gasteiger partial charge >= 0.3 is 11.7 Å². The van der Waals surface area contributed by atoms with Crippen LogP contribution in [0.25, 0.3) is 0 Å². The lowest BCUT2D eigenvalue weighted by atomic mass is 9.33. The second kappa shape index (κ2) is 14.9. The van der Waals surface area contributed by atoms with Gasteiger partial charge in [0.2, 0.25) is 6.29 Å². The Hall–Kier alpha value is -3.91. The van der Waals surface area contributed by atoms with Gasteiger partial charge in [-0.15, -0.1) is 0 Å². The molecule has 13 atom stereocenters. The van der Waals surface area contributed by atoms with Crippen molar-refractivity contribution in [3.05, 3.63) is 56.9 Å². The van der Waals surface area contributed by atoms with Crippen molar-refractivity contribution >= 4 is 17.4 Å². The molecule has 5 N–H and O–H groups in total. The van der Waals surface area contributed by atoms with Crippen LogP contribution in [-0.2, 0) is 30.4 Å². The predicted molar refractivity (Wildman–Crippen MR) is 213 cm³/mol. The van der Waals surface area contributed by atoms with Crippen LogP contribution in [-0.4, -0.2) is 92.7 Å². The first-order chi connectivity index (χ1) is 28.0. The fourth-order valence-electron chi connectivity index (χ4n) is 13.0. The number of fused-ring (bicyclic) bond motifs is 7. The average molecular weight is 837 g/mol. The number of allylic oxidation sites excluding steroid dienone is 2. The van der Waals surface area contributed by atoms with Crippen LogP contribution in [0, 0.1) is 71.7 Å². The molecular formula is C45H60N2O13. The van der Waals surface area contributed by atoms with Crippen molar-refractivity contribution in [3.63, 3.8) is 0 Å². The van der Waals surface area contributed by atoms with Crippen LogP contribution in [0.4, 0.5) is 5.69 Å². The molecule has 1 unspecified atom stereocenters. The summed E-state index contributed by atoms with van der Waals surface area (Å²) in [6.07, 6.45) is -2.83. The fourth-order valence-corrected chi connectivity index (χ4v) is 13.0. The minimum absolute atomic E-state index is 0.0167. The molecule has 0 spiro atoms. The predicted octanol–water partition coefficient (Wildman–Crippen LogP) is 4.80. The van der Waals surface area contributed by atoms with Gasteiger partial charge in [-0.1, -0.05) is 60.1 Å². The number of methoxy groups -OCH3 is 1. The van der Waals surface area contributed by atoms with E-state index in [0.29, 0.717) is 37.7 Å². The van der Waals surface area contributed by atoms with Gasteiger partial charge in [-0.2, -0.15) is 5.26 Å². The molecule has 1 saturated heterocycles. The van der Waals surface area contributed by atoms with E-state index < -0.39 is 87.0 Å². The zero-order chi connectivity index (χ0) is 44.1. The summed E-state index contributed by atoms with van der Waals surface area (Å²) in [6, 6.07) is 6.20. The number of rotatable bonds is 8. The van der Waals surface area contributed by atoms with Gasteiger partial charge in [-0.3, -0.25) is 19.7 Å². The molecule has 1 heterocycles. The van der Waals surface area contributed by atoms with E-state index in [1.807, 2.05) is 20.8 Å². The molecule has 0 amide bonds. The molecule has 0 aromatic heterocycles. The van der Waals surface area contributed by atoms with Crippen molar-refractivity contribution in [2.24, 2.45) is 50.2 Å². The zero-order valence-corrected chi connectivity index (χ0v) is 35.8. The van der Waals surface area contributed by atoms with E-state index in [2.05, 4.69) is 33.8 Å². The lowest BCUT2D eigenvalue weighted by Crippen LogP contribution is -2.67. The number of nitrogens with zero attached hydrogens (tertiary/aromatic N) is 2. The normalized spacial score (nSPS) is 41.6. The Kier molecular flexibility index (Phi) is 10.9. The molecule has 15 nitrogen and oxygen atoms in total. The molecule has 1 aromatic carbocycles. The molecular weight excluding hydrogens is 776 g/mol. The molecule has 0 radical (unpaired) electrons. The summed E-state index contributed by atoms with van der Waals surface area (Å²) in [5.74, 6) is -1.24. The lowest BCUT2D eigenvalue weighted by Gasteiger charge is -2.69. The lowest BCUT2D eigenvalue weighted by molar-refractivity contribution is -0.387. The molecule has 4 fully saturated rings. The first kappa shape index (κ1) is 44.2. The van der Waals surface area contributed by atoms with Gasteiger partial charge in [0.15, 0.2) is 11.5 Å². The number of carbonyl (C=O) groups is 2. The Morgan fingerprint density at radius 3 is 2.32 bits per heavy atom. The second-order valence-corrected chi connectivity index (χ2v) is 20.3. The van der Waals surface area contributed by atoms with Crippen LogP contribution in [0.1, 0.15) is 99.0 Å². The molecule has 7 rings (SSSR count). The fraction of sp³-hybridized carbons (Fsp3) is 0.711. The maximum Gasteiger partial charge on any atom is 0.312 e. The summed E-state index contributed by atoms with van der Waals surface area (Å²) in [6.45, 7) is 13.8. The van der Waals surface area contributed by atoms with Gasteiger partial charge < -0.3 is 44.5 Å². The van der Waals surface area contributed by atoms with E-state index in [-0.39, 0.29) is 52.7 Å². The van der Waals surface area contributed by atoms with Gasteiger partial charge in [-0.25, -0.2) is 0 Å². The van der Waals surface area contributed by atoms with Crippen LogP contribution in [0.15, 0.2) is 41.2 Å². The molecule has 328 valence electrons. The van der Waals surface area contributed by atoms with E-state index in [1.165, 1.54) is 25.3 Å². The molecule has 15 heteroatoms. The van der Waals surface area contributed by atoms with Crippen molar-refractivity contribution in [1.82, 2.24) is 0 Å². The van der Waals surface area contributed by atoms with Crippen molar-refractivity contribution in [3.8, 4) is 11.8 Å². The third-order valence-electron chi connectivity index (χ3n) is 16.5. The van der Waals surface area contributed by atoms with Crippen LogP contribution in [0.3, 0.4) is 0 Å². The summed E-state index contributed by atoms with van der Waals surface area (Å²) in [5.41, 5.74) is -3.12. The quantitative estimate of drug-likeness (QED) is 0.134. The summed E-state index contributed by atoms with van der Waals surface area (Å²) in [5, 5.41) is 75.7. The maximum atomic E-state index is 14.9. The third-order valence-corrected chi connectivity index (χ3v) is 16.5. The second-order valence-electron chi connectivity index (χ2n) is 20.3. The number of hydrogen-bond acceptors (Lipinski definition) is 14. The summed E-state index contributed by atoms with van der Waals surface area (Å²) in [7, 11) is 1.43. The van der Waals surface area contributed by atoms with Crippen LogP contribution in [0.5, 0.6) is 5.75 Å². The smallest absolute Gasteiger partial charge is 0.312 e. The minimum Gasteiger partial charge on any atom is -0.492 e. The SMILES string of the molecule is COC(=O)[C@]12CCC(C)(C)C[C@H]1[C@H]1C(=O)C=C3[C@@]4(C)C(O)C(C#N)=C(OCc5ccc(O[C@H]6O[C@H](CO)[C@H](O)[C@H](O)[C@H]6O)c([N+](=O)[O-])c5)C(C)(C)[C@@H]4CC[C@@]3(C)[C@]1(C)CC2. The number of esters is 1.